The molecule has 0 fully saturated rings. The third-order valence-corrected chi connectivity index (χ3v) is 5.00. The van der Waals surface area contributed by atoms with Crippen LogP contribution in [0.5, 0.6) is 5.88 Å². The van der Waals surface area contributed by atoms with Gasteiger partial charge in [-0.2, -0.15) is 17.9 Å². The lowest BCUT2D eigenvalue weighted by Gasteiger charge is -2.11. The highest BCUT2D eigenvalue weighted by Crippen LogP contribution is 2.34. The summed E-state index contributed by atoms with van der Waals surface area (Å²) in [5.74, 6) is 0.00685. The van der Waals surface area contributed by atoms with Gasteiger partial charge < -0.3 is 15.6 Å². The van der Waals surface area contributed by atoms with Crippen LogP contribution in [0.15, 0.2) is 47.3 Å². The lowest BCUT2D eigenvalue weighted by atomic mass is 10.00. The number of aliphatic hydroxyl groups excluding tert-OH is 1. The fourth-order valence-electron chi connectivity index (χ4n) is 3.51. The highest BCUT2D eigenvalue weighted by Gasteiger charge is 2.30. The Morgan fingerprint density at radius 1 is 1.18 bits per heavy atom. The normalized spacial score (nSPS) is 11.8. The van der Waals surface area contributed by atoms with E-state index in [1.807, 2.05) is 6.07 Å². The fraction of sp³-hybridized carbons (Fsp3) is 0.238. The standard InChI is InChI=1S/C21H19F3N6O3/c1-33-15-10-13(9-14(11-31)26-15)16-17(12-5-3-2-4-6-12)27-19(25)30-18(16)28-29(20(30)32)8-7-21(22,23)24/h2-6,9-10,31H,7-8,11H2,1H3,(H2,25,26,27,28)/p+1. The van der Waals surface area contributed by atoms with Gasteiger partial charge in [-0.3, -0.25) is 0 Å². The summed E-state index contributed by atoms with van der Waals surface area (Å²) in [7, 11) is 1.41. The Bertz CT molecular complexity index is 1340. The monoisotopic (exact) mass is 461 g/mol. The quantitative estimate of drug-likeness (QED) is 0.378. The van der Waals surface area contributed by atoms with Gasteiger partial charge in [0.15, 0.2) is 0 Å². The van der Waals surface area contributed by atoms with Gasteiger partial charge in [0.2, 0.25) is 11.5 Å². The molecule has 0 saturated carbocycles. The van der Waals surface area contributed by atoms with Gasteiger partial charge in [-0.1, -0.05) is 30.3 Å². The Kier molecular flexibility index (Phi) is 5.77. The Balaban J connectivity index is 2.05. The van der Waals surface area contributed by atoms with Crippen LogP contribution in [0.1, 0.15) is 12.1 Å². The molecular weight excluding hydrogens is 441 g/mol. The molecule has 0 unspecified atom stereocenters. The number of aromatic nitrogens is 5. The number of aromatic amines is 1. The number of pyridine rings is 1. The van der Waals surface area contributed by atoms with Crippen LogP contribution in [0.4, 0.5) is 19.1 Å². The largest absolute Gasteiger partial charge is 0.481 e. The number of nitrogens with two attached hydrogens (primary N) is 1. The van der Waals surface area contributed by atoms with Crippen molar-refractivity contribution in [2.24, 2.45) is 0 Å². The fourth-order valence-corrected chi connectivity index (χ4v) is 3.51. The van der Waals surface area contributed by atoms with E-state index in [1.165, 1.54) is 7.11 Å². The molecule has 172 valence electrons. The molecule has 0 aliphatic heterocycles. The van der Waals surface area contributed by atoms with Gasteiger partial charge >= 0.3 is 17.8 Å². The van der Waals surface area contributed by atoms with Crippen molar-refractivity contribution in [2.75, 3.05) is 12.8 Å². The number of halogens is 3. The summed E-state index contributed by atoms with van der Waals surface area (Å²) in [5, 5.41) is 12.4. The van der Waals surface area contributed by atoms with Crippen LogP contribution in [0, 0.1) is 0 Å². The number of alkyl halides is 3. The van der Waals surface area contributed by atoms with Crippen LogP contribution in [-0.4, -0.2) is 38.1 Å². The summed E-state index contributed by atoms with van der Waals surface area (Å²) >= 11 is 0. The zero-order valence-electron chi connectivity index (χ0n) is 17.4. The average molecular weight is 461 g/mol. The minimum Gasteiger partial charge on any atom is -0.481 e. The molecule has 0 radical (unpaired) electrons. The maximum atomic E-state index is 12.9. The second-order valence-electron chi connectivity index (χ2n) is 7.20. The molecule has 9 nitrogen and oxygen atoms in total. The van der Waals surface area contributed by atoms with Gasteiger partial charge in [0, 0.05) is 11.6 Å². The van der Waals surface area contributed by atoms with Crippen LogP contribution < -0.4 is 20.6 Å². The first kappa shape index (κ1) is 22.3. The van der Waals surface area contributed by atoms with Crippen LogP contribution in [0.2, 0.25) is 0 Å². The maximum Gasteiger partial charge on any atom is 0.428 e. The molecule has 4 N–H and O–H groups in total. The highest BCUT2D eigenvalue weighted by atomic mass is 19.4. The van der Waals surface area contributed by atoms with E-state index in [0.29, 0.717) is 22.4 Å². The van der Waals surface area contributed by atoms with Crippen molar-refractivity contribution >= 4 is 11.6 Å². The van der Waals surface area contributed by atoms with Crippen molar-refractivity contribution in [1.29, 1.82) is 0 Å². The average Bonchev–Trinajstić information content (AvgIpc) is 3.13. The summed E-state index contributed by atoms with van der Waals surface area (Å²) < 4.78 is 45.4. The summed E-state index contributed by atoms with van der Waals surface area (Å²) in [6.45, 7) is -1.00. The van der Waals surface area contributed by atoms with E-state index in [1.54, 1.807) is 36.4 Å². The van der Waals surface area contributed by atoms with Gasteiger partial charge in [0.25, 0.3) is 0 Å². The van der Waals surface area contributed by atoms with Crippen molar-refractivity contribution in [1.82, 2.24) is 19.7 Å². The smallest absolute Gasteiger partial charge is 0.428 e. The third-order valence-electron chi connectivity index (χ3n) is 5.00. The Hall–Kier alpha value is -3.93. The van der Waals surface area contributed by atoms with Crippen molar-refractivity contribution < 1.29 is 27.4 Å². The van der Waals surface area contributed by atoms with Crippen LogP contribution >= 0.6 is 0 Å². The third kappa shape index (κ3) is 4.37. The zero-order valence-corrected chi connectivity index (χ0v) is 17.4. The second-order valence-corrected chi connectivity index (χ2v) is 7.20. The number of aliphatic hydroxyl groups is 1. The maximum absolute atomic E-state index is 12.9. The van der Waals surface area contributed by atoms with E-state index in [0.717, 1.165) is 9.08 Å². The van der Waals surface area contributed by atoms with Gasteiger partial charge in [-0.25, -0.2) is 14.9 Å². The summed E-state index contributed by atoms with van der Waals surface area (Å²) in [4.78, 5) is 21.4. The van der Waals surface area contributed by atoms with Gasteiger partial charge in [-0.15, -0.1) is 9.38 Å². The predicted octanol–water partition coefficient (Wildman–Crippen LogP) is 2.07. The number of rotatable bonds is 6. The molecule has 4 rings (SSSR count). The first-order valence-electron chi connectivity index (χ1n) is 9.84. The molecule has 33 heavy (non-hydrogen) atoms. The number of aryl methyl sites for hydroxylation is 1. The number of nitrogens with one attached hydrogen (secondary N) is 1. The number of fused-ring (bicyclic) bond motifs is 1. The second kappa shape index (κ2) is 8.54. The SMILES string of the molecule is COc1cc(-c2c(-c3ccccc3)nc(N)[n+]3c(=O)n(CCC(F)(F)F)[nH]c23)cc(CO)n1. The molecule has 0 atom stereocenters. The van der Waals surface area contributed by atoms with Crippen molar-refractivity contribution in [3.8, 4) is 28.3 Å². The molecule has 1 aromatic carbocycles. The van der Waals surface area contributed by atoms with E-state index in [4.69, 9.17) is 10.5 Å². The van der Waals surface area contributed by atoms with Gasteiger partial charge in [-0.05, 0) is 11.6 Å². The molecule has 12 heteroatoms. The lowest BCUT2D eigenvalue weighted by Crippen LogP contribution is -2.44. The van der Waals surface area contributed by atoms with E-state index >= 15 is 0 Å². The van der Waals surface area contributed by atoms with Gasteiger partial charge in [0.1, 0.15) is 5.69 Å². The van der Waals surface area contributed by atoms with Crippen molar-refractivity contribution in [3.63, 3.8) is 0 Å². The molecule has 4 aromatic rings. The van der Waals surface area contributed by atoms with E-state index in [2.05, 4.69) is 15.1 Å². The van der Waals surface area contributed by atoms with E-state index in [-0.39, 0.29) is 29.8 Å². The predicted molar refractivity (Wildman–Crippen MR) is 112 cm³/mol. The number of methoxy groups -OCH3 is 1. The Morgan fingerprint density at radius 3 is 2.55 bits per heavy atom. The minimum absolute atomic E-state index is 0.144. The molecule has 0 saturated heterocycles. The summed E-state index contributed by atoms with van der Waals surface area (Å²) in [6, 6.07) is 12.1. The first-order valence-corrected chi connectivity index (χ1v) is 9.84. The number of nitrogens with zero attached hydrogens (tertiary/aromatic N) is 4. The first-order chi connectivity index (χ1) is 15.7. The minimum atomic E-state index is -4.45. The molecular formula is C21H20F3N6O3+. The lowest BCUT2D eigenvalue weighted by molar-refractivity contribution is -0.516. The van der Waals surface area contributed by atoms with Crippen molar-refractivity contribution in [3.05, 3.63) is 58.6 Å². The van der Waals surface area contributed by atoms with Crippen molar-refractivity contribution in [2.45, 2.75) is 25.7 Å². The molecule has 0 aliphatic rings. The molecule has 0 bridgehead atoms. The number of hydrogen-bond donors (Lipinski definition) is 3. The number of nitrogen functional groups attached to an aromatic ring is 1. The zero-order chi connectivity index (χ0) is 23.8. The molecule has 0 aliphatic carbocycles. The van der Waals surface area contributed by atoms with E-state index < -0.39 is 24.8 Å². The molecule has 0 spiro atoms. The van der Waals surface area contributed by atoms with Gasteiger partial charge in [0.05, 0.1) is 37.9 Å². The topological polar surface area (TPSA) is 123 Å². The summed E-state index contributed by atoms with van der Waals surface area (Å²) in [6.07, 6.45) is -5.65. The van der Waals surface area contributed by atoms with Crippen LogP contribution in [0.25, 0.3) is 28.0 Å². The van der Waals surface area contributed by atoms with Crippen LogP contribution in [0.3, 0.4) is 0 Å². The number of ether oxygens (including phenoxy) is 1. The number of anilines is 1. The number of benzene rings is 1. The Labute approximate surface area is 184 Å². The number of H-pyrrole nitrogens is 1. The molecule has 0 amide bonds. The molecule has 3 aromatic heterocycles. The summed E-state index contributed by atoms with van der Waals surface area (Å²) in [5.41, 5.74) is 7.61. The molecule has 3 heterocycles. The van der Waals surface area contributed by atoms with Crippen LogP contribution in [-0.2, 0) is 13.2 Å². The Morgan fingerprint density at radius 2 is 1.91 bits per heavy atom. The van der Waals surface area contributed by atoms with E-state index in [9.17, 15) is 23.1 Å². The highest BCUT2D eigenvalue weighted by molar-refractivity contribution is 5.88. The number of hydrogen-bond acceptors (Lipinski definition) is 6.